The number of methoxy groups -OCH3 is 1. The van der Waals surface area contributed by atoms with Crippen molar-refractivity contribution in [2.24, 2.45) is 0 Å². The Balaban J connectivity index is 1.61. The summed E-state index contributed by atoms with van der Waals surface area (Å²) < 4.78 is 6.22. The van der Waals surface area contributed by atoms with E-state index in [1.165, 1.54) is 7.11 Å². The molecule has 2 aromatic rings. The first-order valence-electron chi connectivity index (χ1n) is 7.79. The van der Waals surface area contributed by atoms with Gasteiger partial charge in [-0.2, -0.15) is 0 Å². The van der Waals surface area contributed by atoms with Crippen LogP contribution in [-0.2, 0) is 9.53 Å². The first-order chi connectivity index (χ1) is 12.1. The fourth-order valence-electron chi connectivity index (χ4n) is 2.70. The average Bonchev–Trinajstić information content (AvgIpc) is 3.30. The maximum atomic E-state index is 12.5. The highest BCUT2D eigenvalue weighted by Gasteiger charge is 2.31. The van der Waals surface area contributed by atoms with E-state index >= 15 is 0 Å². The van der Waals surface area contributed by atoms with Gasteiger partial charge < -0.3 is 15.4 Å². The van der Waals surface area contributed by atoms with E-state index in [0.29, 0.717) is 13.0 Å². The normalized spacial score (nSPS) is 19.6. The molecule has 1 aromatic heterocycles. The molecule has 1 fully saturated rings. The van der Waals surface area contributed by atoms with Gasteiger partial charge in [-0.1, -0.05) is 11.3 Å². The number of thioether (sulfide) groups is 1. The van der Waals surface area contributed by atoms with Crippen molar-refractivity contribution in [3.63, 3.8) is 0 Å². The molecule has 1 aliphatic heterocycles. The SMILES string of the molecule is COC(=O)c1cn([C@@H]2CN[C@H](C(=O)Nc3cccc(SC)c3)C2)nn1. The lowest BCUT2D eigenvalue weighted by Gasteiger charge is -2.12. The van der Waals surface area contributed by atoms with E-state index in [1.54, 1.807) is 22.6 Å². The number of esters is 1. The Morgan fingerprint density at radius 3 is 3.04 bits per heavy atom. The Morgan fingerprint density at radius 1 is 1.44 bits per heavy atom. The predicted octanol–water partition coefficient (Wildman–Crippen LogP) is 1.33. The van der Waals surface area contributed by atoms with Gasteiger partial charge in [-0.3, -0.25) is 4.79 Å². The molecule has 1 aromatic carbocycles. The second-order valence-electron chi connectivity index (χ2n) is 5.65. The van der Waals surface area contributed by atoms with Crippen molar-refractivity contribution in [2.45, 2.75) is 23.4 Å². The van der Waals surface area contributed by atoms with Crippen molar-refractivity contribution < 1.29 is 14.3 Å². The molecular weight excluding hydrogens is 342 g/mol. The van der Waals surface area contributed by atoms with Crippen molar-refractivity contribution in [2.75, 3.05) is 25.2 Å². The van der Waals surface area contributed by atoms with Gasteiger partial charge >= 0.3 is 5.97 Å². The molecule has 0 unspecified atom stereocenters. The predicted molar refractivity (Wildman–Crippen MR) is 93.7 cm³/mol. The van der Waals surface area contributed by atoms with Gasteiger partial charge in [-0.15, -0.1) is 16.9 Å². The first-order valence-corrected chi connectivity index (χ1v) is 9.01. The van der Waals surface area contributed by atoms with E-state index in [1.807, 2.05) is 30.5 Å². The third-order valence-electron chi connectivity index (χ3n) is 4.04. The molecule has 0 bridgehead atoms. The van der Waals surface area contributed by atoms with Crippen LogP contribution in [-0.4, -0.2) is 52.8 Å². The topological polar surface area (TPSA) is 98.1 Å². The zero-order valence-corrected chi connectivity index (χ0v) is 14.7. The maximum Gasteiger partial charge on any atom is 0.360 e. The lowest BCUT2D eigenvalue weighted by atomic mass is 10.1. The van der Waals surface area contributed by atoms with Gasteiger partial charge in [-0.25, -0.2) is 9.48 Å². The minimum atomic E-state index is -0.528. The number of nitrogens with zero attached hydrogens (tertiary/aromatic N) is 3. The summed E-state index contributed by atoms with van der Waals surface area (Å²) in [6.45, 7) is 0.576. The van der Waals surface area contributed by atoms with Crippen LogP contribution in [0.5, 0.6) is 0 Å². The molecule has 1 aliphatic rings. The molecule has 1 amide bonds. The number of carbonyl (C=O) groups excluding carboxylic acids is 2. The molecule has 9 heteroatoms. The minimum Gasteiger partial charge on any atom is -0.464 e. The standard InChI is InChI=1S/C16H19N5O3S/c1-24-16(23)14-9-21(20-19-14)11-7-13(17-8-11)15(22)18-10-4-3-5-12(6-10)25-2/h3-6,9,11,13,17H,7-8H2,1-2H3,(H,18,22)/t11-,13-/m0/s1. The van der Waals surface area contributed by atoms with Crippen LogP contribution in [0.4, 0.5) is 5.69 Å². The van der Waals surface area contributed by atoms with Crippen LogP contribution in [0.2, 0.25) is 0 Å². The van der Waals surface area contributed by atoms with Gasteiger partial charge in [-0.05, 0) is 30.9 Å². The quantitative estimate of drug-likeness (QED) is 0.612. The number of nitrogens with one attached hydrogen (secondary N) is 2. The van der Waals surface area contributed by atoms with E-state index in [2.05, 4.69) is 25.7 Å². The fourth-order valence-corrected chi connectivity index (χ4v) is 3.16. The maximum absolute atomic E-state index is 12.5. The molecule has 25 heavy (non-hydrogen) atoms. The third-order valence-corrected chi connectivity index (χ3v) is 4.77. The summed E-state index contributed by atoms with van der Waals surface area (Å²) in [4.78, 5) is 25.0. The first kappa shape index (κ1) is 17.4. The molecule has 3 rings (SSSR count). The zero-order valence-electron chi connectivity index (χ0n) is 13.9. The van der Waals surface area contributed by atoms with Crippen LogP contribution in [0, 0.1) is 0 Å². The van der Waals surface area contributed by atoms with Crippen LogP contribution >= 0.6 is 11.8 Å². The molecule has 2 heterocycles. The summed E-state index contributed by atoms with van der Waals surface area (Å²) in [6.07, 6.45) is 4.10. The van der Waals surface area contributed by atoms with Gasteiger partial charge in [0.25, 0.3) is 0 Å². The molecule has 0 aliphatic carbocycles. The Hall–Kier alpha value is -2.39. The number of anilines is 1. The fraction of sp³-hybridized carbons (Fsp3) is 0.375. The van der Waals surface area contributed by atoms with E-state index in [-0.39, 0.29) is 23.7 Å². The molecular formula is C16H19N5O3S. The summed E-state index contributed by atoms with van der Waals surface area (Å²) in [5.41, 5.74) is 0.931. The summed E-state index contributed by atoms with van der Waals surface area (Å²) in [6, 6.07) is 7.34. The van der Waals surface area contributed by atoms with E-state index < -0.39 is 5.97 Å². The smallest absolute Gasteiger partial charge is 0.360 e. The second-order valence-corrected chi connectivity index (χ2v) is 6.53. The summed E-state index contributed by atoms with van der Waals surface area (Å²) in [5, 5.41) is 13.9. The number of aromatic nitrogens is 3. The van der Waals surface area contributed by atoms with E-state index in [9.17, 15) is 9.59 Å². The molecule has 2 N–H and O–H groups in total. The number of hydrogen-bond donors (Lipinski definition) is 2. The van der Waals surface area contributed by atoms with E-state index in [4.69, 9.17) is 0 Å². The molecule has 132 valence electrons. The lowest BCUT2D eigenvalue weighted by molar-refractivity contribution is -0.117. The van der Waals surface area contributed by atoms with E-state index in [0.717, 1.165) is 10.6 Å². The van der Waals surface area contributed by atoms with Gasteiger partial charge in [0.1, 0.15) is 0 Å². The van der Waals surface area contributed by atoms with Crippen LogP contribution in [0.25, 0.3) is 0 Å². The van der Waals surface area contributed by atoms with Crippen molar-refractivity contribution in [3.8, 4) is 0 Å². The number of carbonyl (C=O) groups is 2. The monoisotopic (exact) mass is 361 g/mol. The van der Waals surface area contributed by atoms with Gasteiger partial charge in [0, 0.05) is 17.1 Å². The largest absolute Gasteiger partial charge is 0.464 e. The van der Waals surface area contributed by atoms with Crippen LogP contribution in [0.3, 0.4) is 0 Å². The number of hydrogen-bond acceptors (Lipinski definition) is 7. The van der Waals surface area contributed by atoms with Crippen molar-refractivity contribution in [1.29, 1.82) is 0 Å². The van der Waals surface area contributed by atoms with Crippen molar-refractivity contribution in [1.82, 2.24) is 20.3 Å². The molecule has 1 saturated heterocycles. The van der Waals surface area contributed by atoms with Gasteiger partial charge in [0.2, 0.25) is 5.91 Å². The molecule has 0 saturated carbocycles. The third kappa shape index (κ3) is 3.99. The zero-order chi connectivity index (χ0) is 17.8. The number of amides is 1. The Bertz CT molecular complexity index is 779. The lowest BCUT2D eigenvalue weighted by Crippen LogP contribution is -2.35. The summed E-state index contributed by atoms with van der Waals surface area (Å²) in [5.74, 6) is -0.616. The molecule has 2 atom stereocenters. The molecule has 0 spiro atoms. The van der Waals surface area contributed by atoms with Crippen molar-refractivity contribution in [3.05, 3.63) is 36.2 Å². The molecule has 0 radical (unpaired) electrons. The van der Waals surface area contributed by atoms with Crippen LogP contribution < -0.4 is 10.6 Å². The van der Waals surface area contributed by atoms with Crippen LogP contribution in [0.15, 0.2) is 35.4 Å². The highest BCUT2D eigenvalue weighted by Crippen LogP contribution is 2.22. The Kier molecular flexibility index (Phi) is 5.34. The van der Waals surface area contributed by atoms with Crippen LogP contribution in [0.1, 0.15) is 23.0 Å². The van der Waals surface area contributed by atoms with Gasteiger partial charge in [0.05, 0.1) is 25.4 Å². The average molecular weight is 361 g/mol. The Morgan fingerprint density at radius 2 is 2.28 bits per heavy atom. The van der Waals surface area contributed by atoms with Crippen molar-refractivity contribution >= 4 is 29.3 Å². The van der Waals surface area contributed by atoms with Gasteiger partial charge in [0.15, 0.2) is 5.69 Å². The highest BCUT2D eigenvalue weighted by atomic mass is 32.2. The summed E-state index contributed by atoms with van der Waals surface area (Å²) in [7, 11) is 1.30. The second kappa shape index (κ2) is 7.66. The minimum absolute atomic E-state index is 0.0424. The number of rotatable bonds is 5. The molecule has 8 nitrogen and oxygen atoms in total. The Labute approximate surface area is 149 Å². The summed E-state index contributed by atoms with van der Waals surface area (Å²) >= 11 is 1.62. The highest BCUT2D eigenvalue weighted by molar-refractivity contribution is 7.98. The number of ether oxygens (including phenoxy) is 1. The number of benzene rings is 1.